The quantitative estimate of drug-likeness (QED) is 0.730. The van der Waals surface area contributed by atoms with E-state index in [2.05, 4.69) is 5.32 Å². The van der Waals surface area contributed by atoms with Gasteiger partial charge in [0.05, 0.1) is 23.2 Å². The molecule has 4 rings (SSSR count). The van der Waals surface area contributed by atoms with Crippen LogP contribution < -0.4 is 5.32 Å². The monoisotopic (exact) mass is 465 g/mol. The molecule has 0 unspecified atom stereocenters. The highest BCUT2D eigenvalue weighted by Gasteiger charge is 2.36. The third kappa shape index (κ3) is 4.91. The average molecular weight is 466 g/mol. The molecule has 2 aliphatic rings. The summed E-state index contributed by atoms with van der Waals surface area (Å²) in [5, 5.41) is 2.09. The topological polar surface area (TPSA) is 52.7 Å². The molecule has 1 saturated heterocycles. The minimum absolute atomic E-state index is 0.00402. The van der Waals surface area contributed by atoms with E-state index in [1.165, 1.54) is 6.07 Å². The van der Waals surface area contributed by atoms with Crippen LogP contribution in [-0.4, -0.2) is 47.3 Å². The number of nitrogens with zero attached hydrogens (tertiary/aromatic N) is 2. The summed E-state index contributed by atoms with van der Waals surface area (Å²) in [4.78, 5) is 29.5. The first-order valence-electron chi connectivity index (χ1n) is 10.5. The predicted molar refractivity (Wildman–Crippen MR) is 115 cm³/mol. The van der Waals surface area contributed by atoms with Crippen LogP contribution >= 0.6 is 11.6 Å². The summed E-state index contributed by atoms with van der Waals surface area (Å²) in [7, 11) is 0. The van der Waals surface area contributed by atoms with E-state index in [0.29, 0.717) is 26.1 Å². The summed E-state index contributed by atoms with van der Waals surface area (Å²) in [6.45, 7) is 1.73. The summed E-state index contributed by atoms with van der Waals surface area (Å²) in [6.07, 6.45) is -2.19. The third-order valence-electron chi connectivity index (χ3n) is 5.95. The molecule has 0 bridgehead atoms. The lowest BCUT2D eigenvalue weighted by Crippen LogP contribution is -2.52. The SMILES string of the molecule is O=C(CN1Cc2ccccc2C[C@@H]1C(=O)N1CCCC1)Nc1ccc(Cl)c(C(F)(F)F)c1. The zero-order chi connectivity index (χ0) is 22.9. The molecule has 0 radical (unpaired) electrons. The van der Waals surface area contributed by atoms with Crippen molar-refractivity contribution in [3.63, 3.8) is 0 Å². The minimum Gasteiger partial charge on any atom is -0.341 e. The minimum atomic E-state index is -4.62. The summed E-state index contributed by atoms with van der Waals surface area (Å²) in [5.74, 6) is -0.491. The van der Waals surface area contributed by atoms with Gasteiger partial charge in [-0.1, -0.05) is 35.9 Å². The first-order chi connectivity index (χ1) is 15.2. The Morgan fingerprint density at radius 1 is 1.06 bits per heavy atom. The fraction of sp³-hybridized carbons (Fsp3) is 0.391. The van der Waals surface area contributed by atoms with Crippen molar-refractivity contribution in [2.24, 2.45) is 0 Å². The molecule has 5 nitrogen and oxygen atoms in total. The highest BCUT2D eigenvalue weighted by molar-refractivity contribution is 6.31. The maximum absolute atomic E-state index is 13.2. The van der Waals surface area contributed by atoms with Crippen LogP contribution in [0.25, 0.3) is 0 Å². The van der Waals surface area contributed by atoms with E-state index in [1.54, 1.807) is 4.90 Å². The van der Waals surface area contributed by atoms with Crippen molar-refractivity contribution < 1.29 is 22.8 Å². The van der Waals surface area contributed by atoms with E-state index in [0.717, 1.165) is 36.1 Å². The molecule has 2 aromatic carbocycles. The van der Waals surface area contributed by atoms with Gasteiger partial charge in [0.15, 0.2) is 0 Å². The number of anilines is 1. The van der Waals surface area contributed by atoms with E-state index in [-0.39, 0.29) is 18.1 Å². The largest absolute Gasteiger partial charge is 0.417 e. The van der Waals surface area contributed by atoms with Crippen molar-refractivity contribution in [3.8, 4) is 0 Å². The van der Waals surface area contributed by atoms with Gasteiger partial charge in [-0.15, -0.1) is 0 Å². The fourth-order valence-electron chi connectivity index (χ4n) is 4.34. The van der Waals surface area contributed by atoms with Crippen LogP contribution in [0.3, 0.4) is 0 Å². The smallest absolute Gasteiger partial charge is 0.341 e. The van der Waals surface area contributed by atoms with Gasteiger partial charge in [-0.2, -0.15) is 13.2 Å². The zero-order valence-electron chi connectivity index (χ0n) is 17.3. The highest BCUT2D eigenvalue weighted by atomic mass is 35.5. The van der Waals surface area contributed by atoms with Gasteiger partial charge in [-0.05, 0) is 48.6 Å². The molecule has 2 aromatic rings. The maximum atomic E-state index is 13.2. The van der Waals surface area contributed by atoms with Crippen LogP contribution in [0.1, 0.15) is 29.5 Å². The molecule has 9 heteroatoms. The van der Waals surface area contributed by atoms with E-state index >= 15 is 0 Å². The van der Waals surface area contributed by atoms with E-state index in [9.17, 15) is 22.8 Å². The number of benzene rings is 2. The Balaban J connectivity index is 1.51. The predicted octanol–water partition coefficient (Wildman–Crippen LogP) is 4.35. The summed E-state index contributed by atoms with van der Waals surface area (Å²) >= 11 is 5.65. The van der Waals surface area contributed by atoms with Gasteiger partial charge in [0.1, 0.15) is 0 Å². The number of carbonyl (C=O) groups excluding carboxylic acids is 2. The summed E-state index contributed by atoms with van der Waals surface area (Å²) < 4.78 is 39.4. The van der Waals surface area contributed by atoms with Crippen molar-refractivity contribution in [1.29, 1.82) is 0 Å². The summed E-state index contributed by atoms with van der Waals surface area (Å²) in [5.41, 5.74) is 1.11. The van der Waals surface area contributed by atoms with Crippen LogP contribution in [-0.2, 0) is 28.7 Å². The van der Waals surface area contributed by atoms with Crippen molar-refractivity contribution in [3.05, 3.63) is 64.2 Å². The molecule has 2 amide bonds. The van der Waals surface area contributed by atoms with Crippen LogP contribution in [0.15, 0.2) is 42.5 Å². The number of fused-ring (bicyclic) bond motifs is 1. The first kappa shape index (κ1) is 22.6. The van der Waals surface area contributed by atoms with Gasteiger partial charge in [0.2, 0.25) is 11.8 Å². The molecule has 1 N–H and O–H groups in total. The van der Waals surface area contributed by atoms with Gasteiger partial charge >= 0.3 is 6.18 Å². The number of alkyl halides is 3. The fourth-order valence-corrected chi connectivity index (χ4v) is 4.57. The van der Waals surface area contributed by atoms with E-state index in [1.807, 2.05) is 29.2 Å². The Hall–Kier alpha value is -2.58. The standard InChI is InChI=1S/C23H23ClF3N3O2/c24-19-8-7-17(12-18(19)23(25,26)27)28-21(31)14-30-13-16-6-2-1-5-15(16)11-20(30)22(32)29-9-3-4-10-29/h1-2,5-8,12,20H,3-4,9-11,13-14H2,(H,28,31)/t20-/m1/s1. The Morgan fingerprint density at radius 2 is 1.75 bits per heavy atom. The molecule has 1 atom stereocenters. The number of amides is 2. The average Bonchev–Trinajstić information content (AvgIpc) is 3.28. The number of carbonyl (C=O) groups is 2. The Labute approximate surface area is 189 Å². The first-order valence-corrected chi connectivity index (χ1v) is 10.9. The second-order valence-corrected chi connectivity index (χ2v) is 8.57. The lowest BCUT2D eigenvalue weighted by molar-refractivity contribution is -0.138. The van der Waals surface area contributed by atoms with Gasteiger partial charge in [0, 0.05) is 25.3 Å². The molecule has 1 fully saturated rings. The highest BCUT2D eigenvalue weighted by Crippen LogP contribution is 2.36. The molecule has 32 heavy (non-hydrogen) atoms. The van der Waals surface area contributed by atoms with Crippen molar-refractivity contribution in [2.75, 3.05) is 25.0 Å². The van der Waals surface area contributed by atoms with Crippen LogP contribution in [0.4, 0.5) is 18.9 Å². The Morgan fingerprint density at radius 3 is 2.44 bits per heavy atom. The van der Waals surface area contributed by atoms with Gasteiger partial charge in [-0.25, -0.2) is 0 Å². The third-order valence-corrected chi connectivity index (χ3v) is 6.28. The second kappa shape index (κ2) is 9.11. The van der Waals surface area contributed by atoms with Crippen molar-refractivity contribution in [2.45, 2.75) is 38.0 Å². The molecule has 0 spiro atoms. The van der Waals surface area contributed by atoms with Crippen LogP contribution in [0.2, 0.25) is 5.02 Å². The molecule has 0 saturated carbocycles. The van der Waals surface area contributed by atoms with Crippen molar-refractivity contribution >= 4 is 29.1 Å². The molecular weight excluding hydrogens is 443 g/mol. The molecule has 0 aliphatic carbocycles. The van der Waals surface area contributed by atoms with Gasteiger partial charge in [-0.3, -0.25) is 14.5 Å². The number of halogens is 4. The number of nitrogens with one attached hydrogen (secondary N) is 1. The lowest BCUT2D eigenvalue weighted by Gasteiger charge is -2.37. The normalized spacial score (nSPS) is 19.0. The zero-order valence-corrected chi connectivity index (χ0v) is 18.0. The Bertz CT molecular complexity index is 1020. The number of hydrogen-bond acceptors (Lipinski definition) is 3. The van der Waals surface area contributed by atoms with Gasteiger partial charge < -0.3 is 10.2 Å². The molecule has 0 aromatic heterocycles. The number of likely N-dealkylation sites (tertiary alicyclic amines) is 1. The molecule has 2 aliphatic heterocycles. The van der Waals surface area contributed by atoms with Crippen LogP contribution in [0, 0.1) is 0 Å². The molecular formula is C23H23ClF3N3O2. The molecule has 2 heterocycles. The summed E-state index contributed by atoms with van der Waals surface area (Å²) in [6, 6.07) is 10.6. The molecule has 170 valence electrons. The Kier molecular flexibility index (Phi) is 6.44. The van der Waals surface area contributed by atoms with Crippen LogP contribution in [0.5, 0.6) is 0 Å². The maximum Gasteiger partial charge on any atom is 0.417 e. The number of hydrogen-bond donors (Lipinski definition) is 1. The van der Waals surface area contributed by atoms with E-state index in [4.69, 9.17) is 11.6 Å². The lowest BCUT2D eigenvalue weighted by atomic mass is 9.93. The van der Waals surface area contributed by atoms with Gasteiger partial charge in [0.25, 0.3) is 0 Å². The van der Waals surface area contributed by atoms with E-state index < -0.39 is 28.7 Å². The second-order valence-electron chi connectivity index (χ2n) is 8.17. The number of rotatable bonds is 4. The van der Waals surface area contributed by atoms with Crippen molar-refractivity contribution in [1.82, 2.24) is 9.80 Å².